The number of allylic oxidation sites excluding steroid dienone is 1. The van der Waals surface area contributed by atoms with E-state index in [0.29, 0.717) is 59.5 Å². The number of imide groups is 1. The van der Waals surface area contributed by atoms with Crippen molar-refractivity contribution in [2.45, 2.75) is 31.5 Å². The fraction of sp³-hybridized carbons (Fsp3) is 0.380. The van der Waals surface area contributed by atoms with Crippen LogP contribution < -0.4 is 19.8 Å². The van der Waals surface area contributed by atoms with Crippen LogP contribution in [0.3, 0.4) is 0 Å². The Bertz CT molecular complexity index is 3030. The first-order valence-corrected chi connectivity index (χ1v) is 25.2. The van der Waals surface area contributed by atoms with E-state index in [2.05, 4.69) is 41.5 Å². The Hall–Kier alpha value is -6.65. The number of nitrogens with zero attached hydrogens (tertiary/aromatic N) is 7. The van der Waals surface area contributed by atoms with E-state index in [9.17, 15) is 32.0 Å². The number of piperazine rings is 2. The number of hydrogen-bond acceptors (Lipinski definition) is 12. The molecule has 4 fully saturated rings. The number of aromatic nitrogens is 2. The molecule has 1 unspecified atom stereocenters. The van der Waals surface area contributed by atoms with Gasteiger partial charge in [-0.2, -0.15) is 12.7 Å². The monoisotopic (exact) mass is 994 g/mol. The summed E-state index contributed by atoms with van der Waals surface area (Å²) < 4.78 is 79.2. The van der Waals surface area contributed by atoms with Crippen LogP contribution in [0.2, 0.25) is 0 Å². The molecule has 17 nitrogen and oxygen atoms in total. The fourth-order valence-electron chi connectivity index (χ4n) is 9.98. The van der Waals surface area contributed by atoms with Crippen molar-refractivity contribution in [3.05, 3.63) is 119 Å². The number of pyridine rings is 1. The highest BCUT2D eigenvalue weighted by Crippen LogP contribution is 2.34. The van der Waals surface area contributed by atoms with Crippen LogP contribution in [0.25, 0.3) is 22.2 Å². The van der Waals surface area contributed by atoms with Crippen LogP contribution in [0.5, 0.6) is 0 Å². The Morgan fingerprint density at radius 3 is 2.13 bits per heavy atom. The second-order valence-corrected chi connectivity index (χ2v) is 20.1. The standard InChI is InChI=1S/C50H53F3N10O7S/c1-31-2-11-43(48(65)56-31)63-49(66)37-8-7-36(27-39(37)50(63)67)61-20-16-59(17-21-61)23-25-70-24-22-58-14-18-60(19-15-58)35-5-3-32(4-6-35)33-26-38-40(29-55-47(38)54-28-33)46(64)44-41(52)9-10-42(45(44)53)57-71(68,69)62-13-12-34(51)30-62/h3-10,26-29,34,43,57H,1-2,11-25,30H2,(H,54,55)(H,56,65)/t34-,43?/m1/s1. The van der Waals surface area contributed by atoms with Gasteiger partial charge in [-0.3, -0.25) is 38.6 Å². The minimum absolute atomic E-state index is 0.000816. The van der Waals surface area contributed by atoms with E-state index in [1.165, 1.54) is 6.20 Å². The molecule has 21 heteroatoms. The summed E-state index contributed by atoms with van der Waals surface area (Å²) in [6.07, 6.45) is 2.48. The molecule has 0 bridgehead atoms. The smallest absolute Gasteiger partial charge is 0.301 e. The molecule has 5 aromatic rings. The fourth-order valence-corrected chi connectivity index (χ4v) is 11.3. The Kier molecular flexibility index (Phi) is 13.4. The average Bonchev–Trinajstić information content (AvgIpc) is 4.08. The lowest BCUT2D eigenvalue weighted by Crippen LogP contribution is -2.51. The number of hydrogen-bond donors (Lipinski definition) is 3. The van der Waals surface area contributed by atoms with Crippen molar-refractivity contribution in [3.63, 3.8) is 0 Å². The lowest BCUT2D eigenvalue weighted by molar-refractivity contribution is -0.125. The number of carbonyl (C=O) groups is 4. The summed E-state index contributed by atoms with van der Waals surface area (Å²) >= 11 is 0. The molecule has 2 aromatic heterocycles. The number of aromatic amines is 1. The highest BCUT2D eigenvalue weighted by Gasteiger charge is 2.44. The summed E-state index contributed by atoms with van der Waals surface area (Å²) in [5, 5.41) is 3.00. The second kappa shape index (κ2) is 19.9. The topological polar surface area (TPSA) is 184 Å². The van der Waals surface area contributed by atoms with Gasteiger partial charge >= 0.3 is 10.2 Å². The number of carbonyl (C=O) groups excluding carboxylic acids is 4. The molecule has 372 valence electrons. The maximum Gasteiger partial charge on any atom is 0.301 e. The van der Waals surface area contributed by atoms with Crippen molar-refractivity contribution in [1.82, 2.24) is 34.3 Å². The molecule has 0 saturated carbocycles. The van der Waals surface area contributed by atoms with Gasteiger partial charge in [-0.15, -0.1) is 0 Å². The molecule has 0 spiro atoms. The molecule has 3 aromatic carbocycles. The maximum absolute atomic E-state index is 15.8. The van der Waals surface area contributed by atoms with Gasteiger partial charge in [-0.25, -0.2) is 18.2 Å². The number of nitrogens with one attached hydrogen (secondary N) is 3. The van der Waals surface area contributed by atoms with E-state index in [-0.39, 0.29) is 31.0 Å². The predicted molar refractivity (Wildman–Crippen MR) is 260 cm³/mol. The number of rotatable bonds is 15. The van der Waals surface area contributed by atoms with E-state index in [1.54, 1.807) is 24.4 Å². The van der Waals surface area contributed by atoms with Crippen LogP contribution in [0.15, 0.2) is 85.3 Å². The molecule has 2 atom stereocenters. The largest absolute Gasteiger partial charge is 0.379 e. The van der Waals surface area contributed by atoms with E-state index < -0.39 is 62.9 Å². The second-order valence-electron chi connectivity index (χ2n) is 18.5. The third kappa shape index (κ3) is 9.75. The van der Waals surface area contributed by atoms with Crippen LogP contribution in [0.1, 0.15) is 55.9 Å². The third-order valence-corrected chi connectivity index (χ3v) is 15.6. The molecule has 0 aliphatic carbocycles. The van der Waals surface area contributed by atoms with Crippen LogP contribution in [0.4, 0.5) is 30.2 Å². The first kappa shape index (κ1) is 48.0. The molecule has 5 aliphatic rings. The summed E-state index contributed by atoms with van der Waals surface area (Å²) in [6, 6.07) is 15.9. The molecule has 0 radical (unpaired) electrons. The zero-order valence-corrected chi connectivity index (χ0v) is 39.7. The van der Waals surface area contributed by atoms with Gasteiger partial charge in [0.2, 0.25) is 11.7 Å². The lowest BCUT2D eigenvalue weighted by Gasteiger charge is -2.36. The molecule has 71 heavy (non-hydrogen) atoms. The highest BCUT2D eigenvalue weighted by molar-refractivity contribution is 7.90. The molecule has 3 N–H and O–H groups in total. The minimum atomic E-state index is -4.36. The zero-order chi connectivity index (χ0) is 49.6. The number of benzene rings is 3. The first-order valence-electron chi connectivity index (χ1n) is 23.8. The highest BCUT2D eigenvalue weighted by atomic mass is 32.2. The molecule has 7 heterocycles. The molecule has 4 saturated heterocycles. The summed E-state index contributed by atoms with van der Waals surface area (Å²) in [4.78, 5) is 70.6. The summed E-state index contributed by atoms with van der Waals surface area (Å²) in [6.45, 7) is 12.8. The van der Waals surface area contributed by atoms with Gasteiger partial charge in [0, 0.05) is 125 Å². The number of ether oxygens (including phenoxy) is 1. The number of fused-ring (bicyclic) bond motifs is 2. The quantitative estimate of drug-likeness (QED) is 0.0743. The van der Waals surface area contributed by atoms with E-state index in [4.69, 9.17) is 4.74 Å². The number of halogens is 3. The number of piperidine rings is 1. The van der Waals surface area contributed by atoms with Gasteiger partial charge in [-0.05, 0) is 73.4 Å². The summed E-state index contributed by atoms with van der Waals surface area (Å²) in [5.41, 5.74) is 3.37. The van der Waals surface area contributed by atoms with Crippen molar-refractivity contribution >= 4 is 61.8 Å². The van der Waals surface area contributed by atoms with Gasteiger partial charge in [0.05, 0.1) is 35.6 Å². The van der Waals surface area contributed by atoms with E-state index in [1.807, 2.05) is 35.1 Å². The third-order valence-electron chi connectivity index (χ3n) is 14.1. The van der Waals surface area contributed by atoms with Crippen LogP contribution in [-0.2, 0) is 19.7 Å². The molecule has 3 amide bonds. The van der Waals surface area contributed by atoms with Gasteiger partial charge in [0.15, 0.2) is 5.82 Å². The minimum Gasteiger partial charge on any atom is -0.379 e. The normalized spacial score (nSPS) is 20.6. The van der Waals surface area contributed by atoms with Crippen LogP contribution in [0, 0.1) is 11.6 Å². The number of anilines is 3. The predicted octanol–water partition coefficient (Wildman–Crippen LogP) is 4.79. The Labute approximate surface area is 408 Å². The van der Waals surface area contributed by atoms with E-state index in [0.717, 1.165) is 104 Å². The van der Waals surface area contributed by atoms with Crippen molar-refractivity contribution in [2.24, 2.45) is 0 Å². The van der Waals surface area contributed by atoms with Gasteiger partial charge in [0.25, 0.3) is 11.8 Å². The SMILES string of the molecule is C=C1CCC(N2C(=O)c3ccc(N4CCN(CCOCCN5CCN(c6ccc(-c7cnc8[nH]cc(C(=O)c9c(F)ccc(NS(=O)(=O)N%10CC[C@@H](F)C%10)c9F)c8c7)cc6)CC5)CC4)cc3C2=O)C(=O)N1. The Balaban J connectivity index is 0.666. The zero-order valence-electron chi connectivity index (χ0n) is 38.8. The lowest BCUT2D eigenvalue weighted by atomic mass is 9.99. The molecular weight excluding hydrogens is 942 g/mol. The first-order chi connectivity index (χ1) is 34.2. The summed E-state index contributed by atoms with van der Waals surface area (Å²) in [7, 11) is -4.36. The molecule has 5 aliphatic heterocycles. The van der Waals surface area contributed by atoms with Crippen molar-refractivity contribution in [3.8, 4) is 11.1 Å². The number of alkyl halides is 1. The average molecular weight is 995 g/mol. The number of amides is 3. The van der Waals surface area contributed by atoms with Gasteiger partial charge < -0.3 is 24.8 Å². The van der Waals surface area contributed by atoms with Crippen LogP contribution >= 0.6 is 0 Å². The number of H-pyrrole nitrogens is 1. The Morgan fingerprint density at radius 2 is 1.46 bits per heavy atom. The maximum atomic E-state index is 15.8. The van der Waals surface area contributed by atoms with Gasteiger partial charge in [0.1, 0.15) is 23.7 Å². The molecule has 10 rings (SSSR count). The van der Waals surface area contributed by atoms with Gasteiger partial charge in [-0.1, -0.05) is 18.7 Å². The van der Waals surface area contributed by atoms with Crippen LogP contribution in [-0.4, -0.2) is 165 Å². The molecular formula is C50H53F3N10O7S. The summed E-state index contributed by atoms with van der Waals surface area (Å²) in [5.74, 6) is -4.81. The van der Waals surface area contributed by atoms with E-state index >= 15 is 8.78 Å². The Morgan fingerprint density at radius 1 is 0.803 bits per heavy atom. The van der Waals surface area contributed by atoms with Crippen molar-refractivity contribution < 1.29 is 45.5 Å². The van der Waals surface area contributed by atoms with Crippen molar-refractivity contribution in [2.75, 3.05) is 106 Å². The van der Waals surface area contributed by atoms with Crippen molar-refractivity contribution in [1.29, 1.82) is 0 Å². The number of ketones is 1.